The van der Waals surface area contributed by atoms with Crippen LogP contribution in [0.3, 0.4) is 0 Å². The van der Waals surface area contributed by atoms with Crippen molar-refractivity contribution in [3.63, 3.8) is 0 Å². The molecule has 0 amide bonds. The largest absolute Gasteiger partial charge is 1.00 e. The van der Waals surface area contributed by atoms with E-state index >= 15 is 0 Å². The third kappa shape index (κ3) is 7.02. The van der Waals surface area contributed by atoms with E-state index in [-0.39, 0.29) is 35.3 Å². The number of hydrogen-bond acceptors (Lipinski definition) is 4. The Kier molecular flexibility index (Phi) is 9.01. The molecule has 0 spiro atoms. The van der Waals surface area contributed by atoms with Crippen LogP contribution in [0.5, 0.6) is 0 Å². The molecule has 6 heteroatoms. The molecule has 0 N–H and O–H groups in total. The molecule has 1 atom stereocenters. The molecule has 1 unspecified atom stereocenters. The van der Waals surface area contributed by atoms with E-state index in [1.54, 1.807) is 0 Å². The van der Waals surface area contributed by atoms with E-state index in [0.29, 0.717) is 0 Å². The van der Waals surface area contributed by atoms with Crippen LogP contribution < -0.4 is 29.6 Å². The third-order valence-electron chi connectivity index (χ3n) is 1.89. The Bertz CT molecular complexity index is 153. The molecule has 1 aliphatic rings. The van der Waals surface area contributed by atoms with Crippen LogP contribution in [0.25, 0.3) is 0 Å². The van der Waals surface area contributed by atoms with E-state index in [0.717, 1.165) is 39.3 Å². The number of rotatable bonds is 4. The molecule has 0 bridgehead atoms. The van der Waals surface area contributed by atoms with Gasteiger partial charge in [-0.15, -0.1) is 0 Å². The van der Waals surface area contributed by atoms with Crippen LogP contribution in [-0.4, -0.2) is 52.3 Å². The summed E-state index contributed by atoms with van der Waals surface area (Å²) >= 11 is -1.88. The van der Waals surface area contributed by atoms with Crippen molar-refractivity contribution in [1.29, 1.82) is 0 Å². The zero-order valence-electron chi connectivity index (χ0n) is 8.03. The van der Waals surface area contributed by atoms with Gasteiger partial charge in [-0.2, -0.15) is 0 Å². The van der Waals surface area contributed by atoms with Gasteiger partial charge < -0.3 is 9.29 Å². The Labute approximate surface area is 104 Å². The van der Waals surface area contributed by atoms with Gasteiger partial charge in [-0.3, -0.25) is 9.11 Å². The van der Waals surface area contributed by atoms with Crippen molar-refractivity contribution in [2.45, 2.75) is 6.42 Å². The van der Waals surface area contributed by atoms with E-state index in [9.17, 15) is 8.76 Å². The zero-order chi connectivity index (χ0) is 8.81. The molecule has 0 aromatic carbocycles. The topological polar surface area (TPSA) is 52.6 Å². The monoisotopic (exact) mass is 215 g/mol. The van der Waals surface area contributed by atoms with Crippen molar-refractivity contribution in [1.82, 2.24) is 4.90 Å². The van der Waals surface area contributed by atoms with Gasteiger partial charge in [-0.25, -0.2) is 0 Å². The van der Waals surface area contributed by atoms with Gasteiger partial charge in [0.2, 0.25) is 0 Å². The first-order valence-corrected chi connectivity index (χ1v) is 5.39. The molecule has 1 rings (SSSR count). The van der Waals surface area contributed by atoms with Crippen LogP contribution in [0.2, 0.25) is 0 Å². The van der Waals surface area contributed by atoms with E-state index in [2.05, 4.69) is 4.90 Å². The van der Waals surface area contributed by atoms with Gasteiger partial charge in [0.25, 0.3) is 0 Å². The van der Waals surface area contributed by atoms with E-state index in [4.69, 9.17) is 4.74 Å². The maximum absolute atomic E-state index is 10.2. The maximum atomic E-state index is 10.2. The summed E-state index contributed by atoms with van der Waals surface area (Å²) in [6.07, 6.45) is 0.732. The number of hydrogen-bond donors (Lipinski definition) is 0. The minimum absolute atomic E-state index is 0. The third-order valence-corrected chi connectivity index (χ3v) is 2.51. The van der Waals surface area contributed by atoms with E-state index in [1.807, 2.05) is 0 Å². The Hall–Kier alpha value is 1.03. The second-order valence-electron chi connectivity index (χ2n) is 2.82. The van der Waals surface area contributed by atoms with Crippen LogP contribution in [-0.2, 0) is 15.8 Å². The van der Waals surface area contributed by atoms with Crippen LogP contribution in [0.15, 0.2) is 0 Å². The van der Waals surface area contributed by atoms with Gasteiger partial charge in [0.15, 0.2) is 0 Å². The van der Waals surface area contributed by atoms with Gasteiger partial charge in [-0.05, 0) is 13.0 Å². The standard InChI is InChI=1S/C7H15NO3S.Na/c9-12(10)7-1-2-8-3-5-11-6-4-8;/h1-7H2,(H,9,10);/q;+1/p-1. The first-order valence-electron chi connectivity index (χ1n) is 4.15. The minimum atomic E-state index is -1.88. The van der Waals surface area contributed by atoms with Crippen LogP contribution in [0.4, 0.5) is 0 Å². The van der Waals surface area contributed by atoms with Crippen molar-refractivity contribution in [3.8, 4) is 0 Å². The van der Waals surface area contributed by atoms with Crippen molar-refractivity contribution in [3.05, 3.63) is 0 Å². The molecule has 1 fully saturated rings. The number of nitrogens with zero attached hydrogens (tertiary/aromatic N) is 1. The van der Waals surface area contributed by atoms with E-state index < -0.39 is 11.1 Å². The summed E-state index contributed by atoms with van der Waals surface area (Å²) in [5.41, 5.74) is 0. The fourth-order valence-corrected chi connectivity index (χ4v) is 1.60. The average Bonchev–Trinajstić information content (AvgIpc) is 2.05. The Morgan fingerprint density at radius 2 is 2.00 bits per heavy atom. The minimum Gasteiger partial charge on any atom is -0.772 e. The summed E-state index contributed by atoms with van der Waals surface area (Å²) in [5, 5.41) is 0. The van der Waals surface area contributed by atoms with Crippen molar-refractivity contribution in [2.24, 2.45) is 0 Å². The van der Waals surface area contributed by atoms with Gasteiger partial charge >= 0.3 is 29.6 Å². The molecule has 13 heavy (non-hydrogen) atoms. The summed E-state index contributed by atoms with van der Waals surface area (Å²) in [4.78, 5) is 2.23. The van der Waals surface area contributed by atoms with Gasteiger partial charge in [0.05, 0.1) is 13.2 Å². The molecule has 0 aromatic heterocycles. The van der Waals surface area contributed by atoms with Crippen molar-refractivity contribution >= 4 is 11.1 Å². The predicted octanol–water partition coefficient (Wildman–Crippen LogP) is -3.41. The second-order valence-corrected chi connectivity index (χ2v) is 3.83. The molecule has 72 valence electrons. The molecule has 0 saturated carbocycles. The normalized spacial score (nSPS) is 20.7. The molecular weight excluding hydrogens is 201 g/mol. The smallest absolute Gasteiger partial charge is 0.772 e. The molecule has 0 aliphatic carbocycles. The molecule has 0 radical (unpaired) electrons. The second kappa shape index (κ2) is 8.35. The maximum Gasteiger partial charge on any atom is 1.00 e. The first-order chi connectivity index (χ1) is 5.79. The number of morpholine rings is 1. The summed E-state index contributed by atoms with van der Waals surface area (Å²) in [7, 11) is 0. The fraction of sp³-hybridized carbons (Fsp3) is 1.00. The molecular formula is C7H14NNaO3S. The Morgan fingerprint density at radius 3 is 2.54 bits per heavy atom. The van der Waals surface area contributed by atoms with Crippen LogP contribution >= 0.6 is 0 Å². The van der Waals surface area contributed by atoms with Gasteiger partial charge in [-0.1, -0.05) is 11.1 Å². The Balaban J connectivity index is 0.00000144. The summed E-state index contributed by atoms with van der Waals surface area (Å²) in [5.74, 6) is 0.275. The van der Waals surface area contributed by atoms with Gasteiger partial charge in [0.1, 0.15) is 0 Å². The summed E-state index contributed by atoms with van der Waals surface area (Å²) in [6, 6.07) is 0. The first kappa shape index (κ1) is 14.0. The molecule has 1 heterocycles. The van der Waals surface area contributed by atoms with Gasteiger partial charge in [0, 0.05) is 18.8 Å². The quantitative estimate of drug-likeness (QED) is 0.362. The Morgan fingerprint density at radius 1 is 1.38 bits per heavy atom. The molecule has 1 saturated heterocycles. The SMILES string of the molecule is O=S([O-])CCCN1CCOCC1.[Na+]. The van der Waals surface area contributed by atoms with E-state index in [1.165, 1.54) is 0 Å². The molecule has 0 aromatic rings. The number of ether oxygens (including phenoxy) is 1. The predicted molar refractivity (Wildman–Crippen MR) is 45.7 cm³/mol. The van der Waals surface area contributed by atoms with Crippen molar-refractivity contribution < 1.29 is 43.1 Å². The summed E-state index contributed by atoms with van der Waals surface area (Å²) < 4.78 is 25.6. The summed E-state index contributed by atoms with van der Waals surface area (Å²) in [6.45, 7) is 4.30. The van der Waals surface area contributed by atoms with Crippen LogP contribution in [0, 0.1) is 0 Å². The van der Waals surface area contributed by atoms with Crippen LogP contribution in [0.1, 0.15) is 6.42 Å². The van der Waals surface area contributed by atoms with Crippen molar-refractivity contribution in [2.75, 3.05) is 38.6 Å². The zero-order valence-corrected chi connectivity index (χ0v) is 10.8. The molecule has 4 nitrogen and oxygen atoms in total. The average molecular weight is 215 g/mol. The fourth-order valence-electron chi connectivity index (χ4n) is 1.23. The molecule has 1 aliphatic heterocycles.